The molecule has 0 fully saturated rings. The minimum Gasteiger partial charge on any atom is 0 e. The van der Waals surface area contributed by atoms with E-state index in [0.717, 1.165) is 0 Å². The summed E-state index contributed by atoms with van der Waals surface area (Å²) in [5, 5.41) is 0. The first kappa shape index (κ1) is 47.6. The molecule has 0 aromatic rings. The molecule has 0 saturated heterocycles. The summed E-state index contributed by atoms with van der Waals surface area (Å²) in [5.74, 6) is 0. The molecule has 30 valence electrons. The Hall–Kier alpha value is 1.56. The van der Waals surface area contributed by atoms with Gasteiger partial charge in [-0.3, -0.25) is 0 Å². The van der Waals surface area contributed by atoms with Gasteiger partial charge in [0, 0.05) is 58.6 Å². The van der Waals surface area contributed by atoms with Gasteiger partial charge in [0.1, 0.15) is 0 Å². The summed E-state index contributed by atoms with van der Waals surface area (Å²) in [4.78, 5) is 0. The van der Waals surface area contributed by atoms with Gasteiger partial charge in [-0.1, -0.05) is 0 Å². The van der Waals surface area contributed by atoms with Gasteiger partial charge in [-0.25, -0.2) is 0 Å². The molecule has 0 aromatic heterocycles. The Morgan fingerprint density at radius 2 is 1.00 bits per heavy atom. The second kappa shape index (κ2) is 23.8. The van der Waals surface area contributed by atoms with E-state index in [0.29, 0.717) is 0 Å². The van der Waals surface area contributed by atoms with Gasteiger partial charge in [-0.2, -0.15) is 0 Å². The molecule has 3 heteroatoms. The van der Waals surface area contributed by atoms with Crippen molar-refractivity contribution in [3.8, 4) is 0 Å². The van der Waals surface area contributed by atoms with E-state index in [9.17, 15) is 0 Å². The number of rotatable bonds is 0. The Morgan fingerprint density at radius 3 is 1.00 bits per heavy atom. The number of hydrogen-bond acceptors (Lipinski definition) is 0. The van der Waals surface area contributed by atoms with Crippen molar-refractivity contribution in [2.24, 2.45) is 0 Å². The van der Waals surface area contributed by atoms with Crippen LogP contribution in [-0.2, 0) is 51.2 Å². The summed E-state index contributed by atoms with van der Waals surface area (Å²) in [7, 11) is 0. The monoisotopic (exact) mass is 186 g/mol. The zero-order valence-corrected chi connectivity index (χ0v) is 4.76. The molecule has 0 spiro atoms. The molecule has 0 atom stereocenters. The molecule has 0 amide bonds. The summed E-state index contributed by atoms with van der Waals surface area (Å²) in [6, 6.07) is 0. The molecule has 0 aliphatic heterocycles. The topological polar surface area (TPSA) is 0 Å². The Morgan fingerprint density at radius 1 is 1.00 bits per heavy atom. The minimum absolute atomic E-state index is 0. The maximum atomic E-state index is 0. The Bertz CT molecular complexity index is 8.00. The van der Waals surface area contributed by atoms with Crippen molar-refractivity contribution in [2.45, 2.75) is 0 Å². The molecule has 0 nitrogen and oxygen atoms in total. The van der Waals surface area contributed by atoms with Crippen LogP contribution < -0.4 is 0 Å². The van der Waals surface area contributed by atoms with Gasteiger partial charge in [0.15, 0.2) is 0 Å². The minimum atomic E-state index is 0. The van der Waals surface area contributed by atoms with E-state index in [1.807, 2.05) is 0 Å². The van der Waals surface area contributed by atoms with E-state index < -0.39 is 0 Å². The van der Waals surface area contributed by atoms with Gasteiger partial charge in [-0.15, -0.1) is 0 Å². The van der Waals surface area contributed by atoms with E-state index in [1.54, 1.807) is 0 Å². The van der Waals surface area contributed by atoms with Crippen molar-refractivity contribution < 1.29 is 51.2 Å². The third kappa shape index (κ3) is 9.59. The van der Waals surface area contributed by atoms with Crippen LogP contribution in [-0.4, -0.2) is 0 Å². The van der Waals surface area contributed by atoms with E-state index in [2.05, 4.69) is 0 Å². The third-order valence-electron chi connectivity index (χ3n) is 0. The average molecular weight is 186 g/mol. The fourth-order valence-electron chi connectivity index (χ4n) is 0. The van der Waals surface area contributed by atoms with Crippen LogP contribution in [0.5, 0.6) is 0 Å². The smallest absolute Gasteiger partial charge is 0 e. The molecular weight excluding hydrogens is 186 g/mol. The first-order chi connectivity index (χ1) is 0. The predicted octanol–water partition coefficient (Wildman–Crippen LogP) is 0.0738. The molecule has 0 rings (SSSR count). The third-order valence-corrected chi connectivity index (χ3v) is 0. The summed E-state index contributed by atoms with van der Waals surface area (Å²) in [5.41, 5.74) is 0. The molecule has 0 aliphatic carbocycles. The van der Waals surface area contributed by atoms with Crippen LogP contribution >= 0.6 is 0 Å². The maximum absolute atomic E-state index is 0. The van der Waals surface area contributed by atoms with Gasteiger partial charge in [0.2, 0.25) is 0 Å². The second-order valence-corrected chi connectivity index (χ2v) is 0. The van der Waals surface area contributed by atoms with Gasteiger partial charge >= 0.3 is 0 Å². The molecule has 0 unspecified atom stereocenters. The molecule has 6 radical (unpaired) electrons. The molecule has 0 aliphatic rings. The van der Waals surface area contributed by atoms with Crippen LogP contribution in [0.15, 0.2) is 0 Å². The molecule has 0 N–H and O–H groups in total. The molecule has 0 aromatic carbocycles. The maximum Gasteiger partial charge on any atom is 0 e. The Kier molecular flexibility index (Phi) is 283. The van der Waals surface area contributed by atoms with Gasteiger partial charge in [0.25, 0.3) is 0 Å². The van der Waals surface area contributed by atoms with Crippen molar-refractivity contribution in [1.82, 2.24) is 0 Å². The first-order valence-electron chi connectivity index (χ1n) is 0. The van der Waals surface area contributed by atoms with Crippen molar-refractivity contribution in [1.29, 1.82) is 0 Å². The van der Waals surface area contributed by atoms with Crippen LogP contribution in [0.2, 0.25) is 0 Å². The van der Waals surface area contributed by atoms with Gasteiger partial charge in [0.05, 0.1) is 0 Å². The summed E-state index contributed by atoms with van der Waals surface area (Å²) in [6.07, 6.45) is 0. The quantitative estimate of drug-likeness (QED) is 0.470. The second-order valence-electron chi connectivity index (χ2n) is 0. The standard InChI is InChI=1S/C.Cu.Fe.Mn. The summed E-state index contributed by atoms with van der Waals surface area (Å²) in [6.45, 7) is 0. The van der Waals surface area contributed by atoms with Crippen molar-refractivity contribution >= 4 is 0 Å². The van der Waals surface area contributed by atoms with E-state index in [4.69, 9.17) is 0 Å². The van der Waals surface area contributed by atoms with Crippen LogP contribution in [0, 0.1) is 7.43 Å². The molecule has 0 bridgehead atoms. The Labute approximate surface area is 58.5 Å². The van der Waals surface area contributed by atoms with E-state index in [-0.39, 0.29) is 58.6 Å². The predicted molar refractivity (Wildman–Crippen MR) is 3.24 cm³/mol. The van der Waals surface area contributed by atoms with Crippen LogP contribution in [0.4, 0.5) is 0 Å². The van der Waals surface area contributed by atoms with Crippen LogP contribution in [0.25, 0.3) is 0 Å². The molecule has 0 saturated carbocycles. The largest absolute Gasteiger partial charge is 0 e. The van der Waals surface area contributed by atoms with Crippen LogP contribution in [0.1, 0.15) is 0 Å². The zero-order chi connectivity index (χ0) is 0. The normalized spacial score (nSPS) is 0. The zero-order valence-electron chi connectivity index (χ0n) is 1.53. The SMILES string of the molecule is [C].[Cu].[Fe].[Mn]. The first-order valence-corrected chi connectivity index (χ1v) is 0. The fourth-order valence-corrected chi connectivity index (χ4v) is 0. The van der Waals surface area contributed by atoms with Gasteiger partial charge < -0.3 is 0 Å². The number of hydrogen-bond donors (Lipinski definition) is 0. The summed E-state index contributed by atoms with van der Waals surface area (Å²) >= 11 is 0. The Balaban J connectivity index is 0. The average Bonchev–Trinajstić information content (AvgIpc) is 0. The van der Waals surface area contributed by atoms with E-state index in [1.165, 1.54) is 0 Å². The van der Waals surface area contributed by atoms with Crippen molar-refractivity contribution in [3.05, 3.63) is 7.43 Å². The van der Waals surface area contributed by atoms with Crippen LogP contribution in [0.3, 0.4) is 0 Å². The molecular formula is CCuFeMn. The fraction of sp³-hybridized carbons (Fsp3) is 0. The molecule has 0 heterocycles. The van der Waals surface area contributed by atoms with Gasteiger partial charge in [-0.05, 0) is 0 Å². The van der Waals surface area contributed by atoms with Crippen molar-refractivity contribution in [2.75, 3.05) is 0 Å². The summed E-state index contributed by atoms with van der Waals surface area (Å²) < 4.78 is 0. The van der Waals surface area contributed by atoms with E-state index >= 15 is 0 Å². The van der Waals surface area contributed by atoms with Crippen molar-refractivity contribution in [3.63, 3.8) is 0 Å². The molecule has 4 heavy (non-hydrogen) atoms.